The average molecular weight is 332 g/mol. The maximum atomic E-state index is 11.7. The van der Waals surface area contributed by atoms with Crippen LogP contribution in [-0.4, -0.2) is 19.1 Å². The number of rotatable bonds is 9. The average Bonchev–Trinajstić information content (AvgIpc) is 2.58. The highest BCUT2D eigenvalue weighted by molar-refractivity contribution is 6.30. The van der Waals surface area contributed by atoms with Crippen molar-refractivity contribution in [2.45, 2.75) is 25.7 Å². The minimum atomic E-state index is 0.0813. The molecule has 0 aliphatic heterocycles. The lowest BCUT2D eigenvalue weighted by Crippen LogP contribution is -2.24. The molecule has 122 valence electrons. The second-order valence-corrected chi connectivity index (χ2v) is 5.78. The lowest BCUT2D eigenvalue weighted by atomic mass is 10.1. The van der Waals surface area contributed by atoms with Crippen molar-refractivity contribution < 1.29 is 9.53 Å². The largest absolute Gasteiger partial charge is 0.494 e. The number of nitrogens with one attached hydrogen (secondary N) is 1. The van der Waals surface area contributed by atoms with Gasteiger partial charge >= 0.3 is 0 Å². The monoisotopic (exact) mass is 331 g/mol. The summed E-state index contributed by atoms with van der Waals surface area (Å²) in [5, 5.41) is 3.63. The minimum Gasteiger partial charge on any atom is -0.494 e. The van der Waals surface area contributed by atoms with E-state index >= 15 is 0 Å². The van der Waals surface area contributed by atoms with Crippen molar-refractivity contribution in [3.63, 3.8) is 0 Å². The molecule has 0 aliphatic carbocycles. The lowest BCUT2D eigenvalue weighted by Gasteiger charge is -2.07. The Hall–Kier alpha value is -2.00. The molecule has 0 aromatic heterocycles. The molecule has 2 aromatic carbocycles. The summed E-state index contributed by atoms with van der Waals surface area (Å²) >= 11 is 5.81. The van der Waals surface area contributed by atoms with E-state index in [9.17, 15) is 4.79 Å². The van der Waals surface area contributed by atoms with Gasteiger partial charge < -0.3 is 10.1 Å². The maximum absolute atomic E-state index is 11.7. The number of hydrogen-bond donors (Lipinski definition) is 1. The summed E-state index contributed by atoms with van der Waals surface area (Å²) < 4.78 is 5.56. The van der Waals surface area contributed by atoms with Crippen molar-refractivity contribution >= 4 is 17.5 Å². The third-order valence-corrected chi connectivity index (χ3v) is 3.69. The molecule has 0 unspecified atom stereocenters. The number of ether oxygens (including phenoxy) is 1. The van der Waals surface area contributed by atoms with Gasteiger partial charge in [-0.3, -0.25) is 4.79 Å². The van der Waals surface area contributed by atoms with Gasteiger partial charge in [0.15, 0.2) is 0 Å². The molecule has 0 spiro atoms. The van der Waals surface area contributed by atoms with E-state index in [4.69, 9.17) is 16.3 Å². The Morgan fingerprint density at radius 2 is 1.74 bits per heavy atom. The van der Waals surface area contributed by atoms with Gasteiger partial charge in [-0.05, 0) is 49.1 Å². The number of hydrogen-bond acceptors (Lipinski definition) is 2. The Morgan fingerprint density at radius 1 is 1.00 bits per heavy atom. The molecule has 0 fully saturated rings. The van der Waals surface area contributed by atoms with E-state index in [2.05, 4.69) is 17.4 Å². The van der Waals surface area contributed by atoms with E-state index in [0.717, 1.165) is 18.6 Å². The van der Waals surface area contributed by atoms with Gasteiger partial charge in [0, 0.05) is 18.0 Å². The van der Waals surface area contributed by atoms with Crippen molar-refractivity contribution in [2.75, 3.05) is 13.2 Å². The normalized spacial score (nSPS) is 10.3. The predicted molar refractivity (Wildman–Crippen MR) is 94.0 cm³/mol. The molecule has 0 atom stereocenters. The highest BCUT2D eigenvalue weighted by atomic mass is 35.5. The van der Waals surface area contributed by atoms with E-state index < -0.39 is 0 Å². The summed E-state index contributed by atoms with van der Waals surface area (Å²) in [6, 6.07) is 17.5. The van der Waals surface area contributed by atoms with Crippen LogP contribution in [0.15, 0.2) is 54.6 Å². The van der Waals surface area contributed by atoms with Gasteiger partial charge in [0.1, 0.15) is 5.75 Å². The maximum Gasteiger partial charge on any atom is 0.220 e. The van der Waals surface area contributed by atoms with Crippen LogP contribution in [0.25, 0.3) is 0 Å². The van der Waals surface area contributed by atoms with Gasteiger partial charge in [0.2, 0.25) is 5.91 Å². The smallest absolute Gasteiger partial charge is 0.220 e. The fourth-order valence-electron chi connectivity index (χ4n) is 2.21. The quantitative estimate of drug-likeness (QED) is 0.698. The Labute approximate surface area is 142 Å². The number of carbonyl (C=O) groups excluding carboxylic acids is 1. The summed E-state index contributed by atoms with van der Waals surface area (Å²) in [6.07, 6.45) is 3.13. The van der Waals surface area contributed by atoms with Gasteiger partial charge in [0.25, 0.3) is 0 Å². The first-order valence-electron chi connectivity index (χ1n) is 7.93. The Bertz CT molecular complexity index is 584. The molecule has 0 bridgehead atoms. The zero-order chi connectivity index (χ0) is 16.3. The van der Waals surface area contributed by atoms with Gasteiger partial charge in [-0.2, -0.15) is 0 Å². The van der Waals surface area contributed by atoms with Crippen molar-refractivity contribution in [1.29, 1.82) is 0 Å². The van der Waals surface area contributed by atoms with Crippen molar-refractivity contribution in [3.8, 4) is 5.75 Å². The van der Waals surface area contributed by atoms with Crippen LogP contribution in [-0.2, 0) is 11.2 Å². The standard InChI is InChI=1S/C19H22ClNO2/c20-17-10-12-18(13-11-17)23-15-5-9-19(22)21-14-4-8-16-6-2-1-3-7-16/h1-3,6-7,10-13H,4-5,8-9,14-15H2,(H,21,22). The SMILES string of the molecule is O=C(CCCOc1ccc(Cl)cc1)NCCCc1ccccc1. The van der Waals surface area contributed by atoms with E-state index in [1.54, 1.807) is 12.1 Å². The second-order valence-electron chi connectivity index (χ2n) is 5.35. The summed E-state index contributed by atoms with van der Waals surface area (Å²) in [4.78, 5) is 11.7. The van der Waals surface area contributed by atoms with Crippen LogP contribution in [0.1, 0.15) is 24.8 Å². The van der Waals surface area contributed by atoms with Crippen LogP contribution in [0, 0.1) is 0 Å². The van der Waals surface area contributed by atoms with Gasteiger partial charge in [-0.25, -0.2) is 0 Å². The molecule has 23 heavy (non-hydrogen) atoms. The predicted octanol–water partition coefficient (Wildman–Crippen LogP) is 4.25. The second kappa shape index (κ2) is 9.90. The van der Waals surface area contributed by atoms with Gasteiger partial charge in [-0.1, -0.05) is 41.9 Å². The molecule has 0 saturated heterocycles. The van der Waals surface area contributed by atoms with Crippen LogP contribution in [0.2, 0.25) is 5.02 Å². The van der Waals surface area contributed by atoms with Gasteiger partial charge in [-0.15, -0.1) is 0 Å². The number of halogens is 1. The van der Waals surface area contributed by atoms with Crippen LogP contribution in [0.3, 0.4) is 0 Å². The number of amides is 1. The van der Waals surface area contributed by atoms with Gasteiger partial charge in [0.05, 0.1) is 6.61 Å². The molecule has 0 aliphatic rings. The van der Waals surface area contributed by atoms with Crippen LogP contribution >= 0.6 is 11.6 Å². The van der Waals surface area contributed by atoms with Crippen molar-refractivity contribution in [3.05, 3.63) is 65.2 Å². The summed E-state index contributed by atoms with van der Waals surface area (Å²) in [7, 11) is 0. The molecule has 3 nitrogen and oxygen atoms in total. The molecule has 4 heteroatoms. The van der Waals surface area contributed by atoms with E-state index in [-0.39, 0.29) is 5.91 Å². The topological polar surface area (TPSA) is 38.3 Å². The first kappa shape index (κ1) is 17.4. The Morgan fingerprint density at radius 3 is 2.48 bits per heavy atom. The number of aryl methyl sites for hydroxylation is 1. The van der Waals surface area contributed by atoms with E-state index in [0.29, 0.717) is 31.0 Å². The fraction of sp³-hybridized carbons (Fsp3) is 0.316. The lowest BCUT2D eigenvalue weighted by molar-refractivity contribution is -0.121. The van der Waals surface area contributed by atoms with Crippen LogP contribution in [0.5, 0.6) is 5.75 Å². The summed E-state index contributed by atoms with van der Waals surface area (Å²) in [5.74, 6) is 0.857. The molecular formula is C19H22ClNO2. The molecule has 0 radical (unpaired) electrons. The third kappa shape index (κ3) is 7.20. The molecule has 2 aromatic rings. The van der Waals surface area contributed by atoms with Crippen molar-refractivity contribution in [1.82, 2.24) is 5.32 Å². The molecule has 2 rings (SSSR count). The first-order valence-corrected chi connectivity index (χ1v) is 8.31. The van der Waals surface area contributed by atoms with Crippen molar-refractivity contribution in [2.24, 2.45) is 0 Å². The summed E-state index contributed by atoms with van der Waals surface area (Å²) in [5.41, 5.74) is 1.30. The zero-order valence-corrected chi connectivity index (χ0v) is 13.9. The summed E-state index contributed by atoms with van der Waals surface area (Å²) in [6.45, 7) is 1.24. The Kier molecular flexibility index (Phi) is 7.47. The third-order valence-electron chi connectivity index (χ3n) is 3.44. The highest BCUT2D eigenvalue weighted by Crippen LogP contribution is 2.15. The zero-order valence-electron chi connectivity index (χ0n) is 13.1. The molecule has 1 N–H and O–H groups in total. The minimum absolute atomic E-state index is 0.0813. The van der Waals surface area contributed by atoms with E-state index in [1.807, 2.05) is 30.3 Å². The highest BCUT2D eigenvalue weighted by Gasteiger charge is 2.01. The van der Waals surface area contributed by atoms with Crippen LogP contribution in [0.4, 0.5) is 0 Å². The Balaban J connectivity index is 1.51. The molecular weight excluding hydrogens is 310 g/mol. The first-order chi connectivity index (χ1) is 11.2. The fourth-order valence-corrected chi connectivity index (χ4v) is 2.33. The van der Waals surface area contributed by atoms with Crippen LogP contribution < -0.4 is 10.1 Å². The number of benzene rings is 2. The number of carbonyl (C=O) groups is 1. The molecule has 1 amide bonds. The van der Waals surface area contributed by atoms with E-state index in [1.165, 1.54) is 5.56 Å². The molecule has 0 heterocycles. The molecule has 0 saturated carbocycles.